The molecule has 0 saturated heterocycles. The van der Waals surface area contributed by atoms with Crippen molar-refractivity contribution in [1.29, 1.82) is 0 Å². The number of benzene rings is 1. The average molecular weight is 223 g/mol. The molecule has 0 aromatic heterocycles. The van der Waals surface area contributed by atoms with E-state index in [1.165, 1.54) is 0 Å². The van der Waals surface area contributed by atoms with E-state index in [4.69, 9.17) is 15.2 Å². The smallest absolute Gasteiger partial charge is 0.130 e. The first kappa shape index (κ1) is 12.8. The van der Waals surface area contributed by atoms with Crippen LogP contribution in [0.4, 0.5) is 0 Å². The molecule has 16 heavy (non-hydrogen) atoms. The summed E-state index contributed by atoms with van der Waals surface area (Å²) < 4.78 is 10.7. The summed E-state index contributed by atoms with van der Waals surface area (Å²) in [6.45, 7) is 6.18. The molecule has 3 nitrogen and oxygen atoms in total. The SMILES string of the molecule is COc1ccc(C(N)C(C)C)c(OC)c1C. The van der Waals surface area contributed by atoms with Gasteiger partial charge in [-0.3, -0.25) is 0 Å². The Labute approximate surface area is 97.6 Å². The molecule has 0 saturated carbocycles. The molecular formula is C13H21NO2. The van der Waals surface area contributed by atoms with E-state index in [0.717, 1.165) is 22.6 Å². The molecule has 1 aromatic carbocycles. The molecule has 0 aliphatic carbocycles. The van der Waals surface area contributed by atoms with Crippen LogP contribution in [0.25, 0.3) is 0 Å². The second-order valence-electron chi connectivity index (χ2n) is 4.29. The highest BCUT2D eigenvalue weighted by atomic mass is 16.5. The maximum Gasteiger partial charge on any atom is 0.130 e. The summed E-state index contributed by atoms with van der Waals surface area (Å²) in [5.41, 5.74) is 8.19. The summed E-state index contributed by atoms with van der Waals surface area (Å²) in [4.78, 5) is 0. The minimum atomic E-state index is -0.0143. The van der Waals surface area contributed by atoms with Crippen molar-refractivity contribution in [2.45, 2.75) is 26.8 Å². The zero-order valence-electron chi connectivity index (χ0n) is 10.7. The zero-order chi connectivity index (χ0) is 12.3. The molecule has 0 fully saturated rings. The van der Waals surface area contributed by atoms with Crippen LogP contribution in [-0.4, -0.2) is 14.2 Å². The first-order chi connectivity index (χ1) is 7.52. The summed E-state index contributed by atoms with van der Waals surface area (Å²) in [7, 11) is 3.32. The second-order valence-corrected chi connectivity index (χ2v) is 4.29. The van der Waals surface area contributed by atoms with Crippen LogP contribution in [0.2, 0.25) is 0 Å². The number of hydrogen-bond donors (Lipinski definition) is 1. The molecule has 3 heteroatoms. The van der Waals surface area contributed by atoms with Crippen molar-refractivity contribution in [2.24, 2.45) is 11.7 Å². The van der Waals surface area contributed by atoms with Gasteiger partial charge in [-0.2, -0.15) is 0 Å². The molecule has 1 atom stereocenters. The fourth-order valence-corrected chi connectivity index (χ4v) is 1.81. The molecule has 0 bridgehead atoms. The Balaban J connectivity index is 3.25. The first-order valence-corrected chi connectivity index (χ1v) is 5.50. The van der Waals surface area contributed by atoms with Gasteiger partial charge in [-0.1, -0.05) is 19.9 Å². The number of nitrogens with two attached hydrogens (primary N) is 1. The van der Waals surface area contributed by atoms with Gasteiger partial charge in [-0.05, 0) is 18.9 Å². The molecule has 0 aliphatic heterocycles. The summed E-state index contributed by atoms with van der Waals surface area (Å²) >= 11 is 0. The van der Waals surface area contributed by atoms with Gasteiger partial charge in [0.05, 0.1) is 14.2 Å². The van der Waals surface area contributed by atoms with Crippen LogP contribution < -0.4 is 15.2 Å². The largest absolute Gasteiger partial charge is 0.496 e. The van der Waals surface area contributed by atoms with Gasteiger partial charge >= 0.3 is 0 Å². The molecule has 0 aliphatic rings. The lowest BCUT2D eigenvalue weighted by Gasteiger charge is -2.21. The van der Waals surface area contributed by atoms with Gasteiger partial charge < -0.3 is 15.2 Å². The van der Waals surface area contributed by atoms with Crippen molar-refractivity contribution < 1.29 is 9.47 Å². The molecule has 1 aromatic rings. The summed E-state index contributed by atoms with van der Waals surface area (Å²) in [5.74, 6) is 2.04. The quantitative estimate of drug-likeness (QED) is 0.853. The van der Waals surface area contributed by atoms with Gasteiger partial charge in [-0.15, -0.1) is 0 Å². The fraction of sp³-hybridized carbons (Fsp3) is 0.538. The van der Waals surface area contributed by atoms with Gasteiger partial charge in [0.2, 0.25) is 0 Å². The molecule has 0 spiro atoms. The summed E-state index contributed by atoms with van der Waals surface area (Å²) in [6.07, 6.45) is 0. The van der Waals surface area contributed by atoms with Crippen LogP contribution in [0.5, 0.6) is 11.5 Å². The van der Waals surface area contributed by atoms with E-state index in [1.54, 1.807) is 14.2 Å². The van der Waals surface area contributed by atoms with E-state index < -0.39 is 0 Å². The maximum atomic E-state index is 6.15. The van der Waals surface area contributed by atoms with Crippen LogP contribution in [0.1, 0.15) is 31.0 Å². The molecule has 0 heterocycles. The first-order valence-electron chi connectivity index (χ1n) is 5.50. The topological polar surface area (TPSA) is 44.5 Å². The van der Waals surface area contributed by atoms with Gasteiger partial charge in [-0.25, -0.2) is 0 Å². The highest BCUT2D eigenvalue weighted by Gasteiger charge is 2.18. The Hall–Kier alpha value is -1.22. The third-order valence-electron chi connectivity index (χ3n) is 2.89. The Kier molecular flexibility index (Phi) is 4.19. The minimum absolute atomic E-state index is 0.0143. The predicted molar refractivity (Wildman–Crippen MR) is 66.0 cm³/mol. The molecule has 90 valence electrons. The van der Waals surface area contributed by atoms with Gasteiger partial charge in [0, 0.05) is 17.2 Å². The maximum absolute atomic E-state index is 6.15. The van der Waals surface area contributed by atoms with Crippen LogP contribution in [-0.2, 0) is 0 Å². The van der Waals surface area contributed by atoms with Crippen molar-refractivity contribution in [1.82, 2.24) is 0 Å². The van der Waals surface area contributed by atoms with Crippen LogP contribution in [0.3, 0.4) is 0 Å². The Morgan fingerprint density at radius 2 is 1.75 bits per heavy atom. The number of ether oxygens (including phenoxy) is 2. The Morgan fingerprint density at radius 3 is 2.19 bits per heavy atom. The van der Waals surface area contributed by atoms with E-state index in [-0.39, 0.29) is 6.04 Å². The summed E-state index contributed by atoms with van der Waals surface area (Å²) in [5, 5.41) is 0. The number of rotatable bonds is 4. The van der Waals surface area contributed by atoms with Gasteiger partial charge in [0.15, 0.2) is 0 Å². The molecule has 1 unspecified atom stereocenters. The standard InChI is InChI=1S/C13H21NO2/c1-8(2)12(14)10-6-7-11(15-4)9(3)13(10)16-5/h6-8,12H,14H2,1-5H3. The van der Waals surface area contributed by atoms with Gasteiger partial charge in [0.1, 0.15) is 11.5 Å². The molecule has 1 rings (SSSR count). The van der Waals surface area contributed by atoms with E-state index >= 15 is 0 Å². The van der Waals surface area contributed by atoms with Crippen molar-refractivity contribution in [3.05, 3.63) is 23.3 Å². The Morgan fingerprint density at radius 1 is 1.12 bits per heavy atom. The van der Waals surface area contributed by atoms with Crippen LogP contribution >= 0.6 is 0 Å². The lowest BCUT2D eigenvalue weighted by atomic mass is 9.94. The van der Waals surface area contributed by atoms with E-state index in [1.807, 2.05) is 19.1 Å². The van der Waals surface area contributed by atoms with Crippen LogP contribution in [0.15, 0.2) is 12.1 Å². The lowest BCUT2D eigenvalue weighted by molar-refractivity contribution is 0.377. The highest BCUT2D eigenvalue weighted by Crippen LogP contribution is 2.35. The second kappa shape index (κ2) is 5.21. The van der Waals surface area contributed by atoms with Gasteiger partial charge in [0.25, 0.3) is 0 Å². The average Bonchev–Trinajstić information content (AvgIpc) is 2.27. The molecule has 0 amide bonds. The van der Waals surface area contributed by atoms with E-state index in [0.29, 0.717) is 5.92 Å². The van der Waals surface area contributed by atoms with E-state index in [9.17, 15) is 0 Å². The normalized spacial score (nSPS) is 12.7. The van der Waals surface area contributed by atoms with Crippen molar-refractivity contribution in [2.75, 3.05) is 14.2 Å². The third-order valence-corrected chi connectivity index (χ3v) is 2.89. The zero-order valence-corrected chi connectivity index (χ0v) is 10.7. The van der Waals surface area contributed by atoms with Crippen molar-refractivity contribution in [3.8, 4) is 11.5 Å². The van der Waals surface area contributed by atoms with Crippen molar-refractivity contribution >= 4 is 0 Å². The molecular weight excluding hydrogens is 202 g/mol. The predicted octanol–water partition coefficient (Wildman–Crippen LogP) is 2.67. The Bertz CT molecular complexity index is 361. The molecule has 2 N–H and O–H groups in total. The number of hydrogen-bond acceptors (Lipinski definition) is 3. The van der Waals surface area contributed by atoms with E-state index in [2.05, 4.69) is 13.8 Å². The monoisotopic (exact) mass is 223 g/mol. The van der Waals surface area contributed by atoms with Crippen molar-refractivity contribution in [3.63, 3.8) is 0 Å². The third kappa shape index (κ3) is 2.30. The highest BCUT2D eigenvalue weighted by molar-refractivity contribution is 5.50. The minimum Gasteiger partial charge on any atom is -0.496 e. The molecule has 0 radical (unpaired) electrons. The summed E-state index contributed by atoms with van der Waals surface area (Å²) in [6, 6.07) is 3.91. The fourth-order valence-electron chi connectivity index (χ4n) is 1.81. The lowest BCUT2D eigenvalue weighted by Crippen LogP contribution is -2.18. The number of methoxy groups -OCH3 is 2. The van der Waals surface area contributed by atoms with Crippen LogP contribution in [0, 0.1) is 12.8 Å².